The number of H-pyrrole nitrogens is 1. The Morgan fingerprint density at radius 3 is 2.31 bits per heavy atom. The fourth-order valence-electron chi connectivity index (χ4n) is 4.20. The Balaban J connectivity index is 1.50. The molecule has 0 saturated carbocycles. The molecule has 3 heterocycles. The first-order valence-electron chi connectivity index (χ1n) is 10.4. The standard InChI is InChI=1S/C23H24ClN5O3/c1-14-19(16(3)30)15(2)26-21(14)23(32)28-11-9-27(10-12-28)18-13-25-29(22(31)20(18)24)17-7-5-4-6-8-17/h4-8,13,26H,9-12H2,1-3H3. The first-order chi connectivity index (χ1) is 15.3. The average Bonchev–Trinajstić information content (AvgIpc) is 3.10. The number of halogens is 1. The predicted octanol–water partition coefficient (Wildman–Crippen LogP) is 3.00. The molecule has 0 unspecified atom stereocenters. The number of ketones is 1. The van der Waals surface area contributed by atoms with Crippen molar-refractivity contribution in [2.75, 3.05) is 31.1 Å². The third-order valence-electron chi connectivity index (χ3n) is 5.81. The van der Waals surface area contributed by atoms with Gasteiger partial charge in [0.15, 0.2) is 5.78 Å². The Morgan fingerprint density at radius 1 is 1.06 bits per heavy atom. The lowest BCUT2D eigenvalue weighted by atomic mass is 10.1. The monoisotopic (exact) mass is 453 g/mol. The zero-order chi connectivity index (χ0) is 23.0. The molecule has 4 rings (SSSR count). The number of carbonyl (C=O) groups excluding carboxylic acids is 2. The number of hydrogen-bond donors (Lipinski definition) is 1. The van der Waals surface area contributed by atoms with Crippen molar-refractivity contribution in [3.05, 3.63) is 74.4 Å². The minimum atomic E-state index is -0.386. The van der Waals surface area contributed by atoms with Crippen LogP contribution in [-0.2, 0) is 0 Å². The van der Waals surface area contributed by atoms with Crippen molar-refractivity contribution < 1.29 is 9.59 Å². The lowest BCUT2D eigenvalue weighted by Gasteiger charge is -2.36. The summed E-state index contributed by atoms with van der Waals surface area (Å²) in [6, 6.07) is 9.10. The number of nitrogens with one attached hydrogen (secondary N) is 1. The van der Waals surface area contributed by atoms with E-state index >= 15 is 0 Å². The second kappa shape index (κ2) is 8.63. The van der Waals surface area contributed by atoms with E-state index in [4.69, 9.17) is 11.6 Å². The van der Waals surface area contributed by atoms with Gasteiger partial charge in [-0.3, -0.25) is 14.4 Å². The molecule has 0 spiro atoms. The molecule has 1 amide bonds. The summed E-state index contributed by atoms with van der Waals surface area (Å²) in [4.78, 5) is 44.5. The molecule has 0 bridgehead atoms. The fourth-order valence-corrected chi connectivity index (χ4v) is 4.45. The molecule has 1 saturated heterocycles. The number of benzene rings is 1. The predicted molar refractivity (Wildman–Crippen MR) is 123 cm³/mol. The van der Waals surface area contributed by atoms with E-state index in [1.165, 1.54) is 11.6 Å². The number of rotatable bonds is 4. The zero-order valence-electron chi connectivity index (χ0n) is 18.2. The Morgan fingerprint density at radius 2 is 1.72 bits per heavy atom. The van der Waals surface area contributed by atoms with Crippen molar-refractivity contribution in [2.45, 2.75) is 20.8 Å². The molecule has 1 aromatic carbocycles. The lowest BCUT2D eigenvalue weighted by molar-refractivity contribution is 0.0740. The van der Waals surface area contributed by atoms with Crippen LogP contribution in [0.5, 0.6) is 0 Å². The summed E-state index contributed by atoms with van der Waals surface area (Å²) in [6.45, 7) is 7.04. The maximum absolute atomic E-state index is 13.0. The number of hydrogen-bond acceptors (Lipinski definition) is 5. The second-order valence-corrected chi connectivity index (χ2v) is 8.23. The van der Waals surface area contributed by atoms with Crippen LogP contribution < -0.4 is 10.5 Å². The van der Waals surface area contributed by atoms with Gasteiger partial charge in [-0.15, -0.1) is 0 Å². The number of amides is 1. The van der Waals surface area contributed by atoms with Gasteiger partial charge in [0.25, 0.3) is 11.5 Å². The SMILES string of the molecule is CC(=O)c1c(C)[nH]c(C(=O)N2CCN(c3cnn(-c4ccccc4)c(=O)c3Cl)CC2)c1C. The number of para-hydroxylation sites is 1. The summed E-state index contributed by atoms with van der Waals surface area (Å²) in [6.07, 6.45) is 1.59. The molecule has 0 radical (unpaired) electrons. The first kappa shape index (κ1) is 21.8. The van der Waals surface area contributed by atoms with E-state index in [2.05, 4.69) is 10.1 Å². The number of Topliss-reactive ketones (excluding diaryl/α,β-unsaturated/α-hetero) is 1. The quantitative estimate of drug-likeness (QED) is 0.613. The minimum Gasteiger partial charge on any atom is -0.365 e. The Labute approximate surface area is 190 Å². The Kier molecular flexibility index (Phi) is 5.88. The fraction of sp³-hybridized carbons (Fsp3) is 0.304. The summed E-state index contributed by atoms with van der Waals surface area (Å²) in [5, 5.41) is 4.39. The van der Waals surface area contributed by atoms with Crippen molar-refractivity contribution in [1.82, 2.24) is 19.7 Å². The van der Waals surface area contributed by atoms with Gasteiger partial charge in [0.1, 0.15) is 10.7 Å². The lowest BCUT2D eigenvalue weighted by Crippen LogP contribution is -2.49. The van der Waals surface area contributed by atoms with Crippen molar-refractivity contribution in [1.29, 1.82) is 0 Å². The largest absolute Gasteiger partial charge is 0.365 e. The summed E-state index contributed by atoms with van der Waals surface area (Å²) < 4.78 is 1.27. The van der Waals surface area contributed by atoms with E-state index in [-0.39, 0.29) is 22.3 Å². The third-order valence-corrected chi connectivity index (χ3v) is 6.17. The van der Waals surface area contributed by atoms with E-state index in [1.807, 2.05) is 23.1 Å². The highest BCUT2D eigenvalue weighted by atomic mass is 35.5. The van der Waals surface area contributed by atoms with Crippen LogP contribution >= 0.6 is 11.6 Å². The molecule has 2 aromatic heterocycles. The van der Waals surface area contributed by atoms with Crippen LogP contribution in [-0.4, -0.2) is 57.5 Å². The van der Waals surface area contributed by atoms with Gasteiger partial charge in [0, 0.05) is 37.4 Å². The van der Waals surface area contributed by atoms with Gasteiger partial charge < -0.3 is 14.8 Å². The zero-order valence-corrected chi connectivity index (χ0v) is 18.9. The molecule has 0 aliphatic carbocycles. The first-order valence-corrected chi connectivity index (χ1v) is 10.7. The van der Waals surface area contributed by atoms with Crippen LogP contribution in [0.4, 0.5) is 5.69 Å². The van der Waals surface area contributed by atoms with E-state index in [1.54, 1.807) is 37.1 Å². The third kappa shape index (κ3) is 3.82. The van der Waals surface area contributed by atoms with E-state index in [0.717, 1.165) is 0 Å². The van der Waals surface area contributed by atoms with Crippen LogP contribution in [0.3, 0.4) is 0 Å². The number of nitrogens with zero attached hydrogens (tertiary/aromatic N) is 4. The molecule has 9 heteroatoms. The number of piperazine rings is 1. The molecular weight excluding hydrogens is 430 g/mol. The minimum absolute atomic E-state index is 0.0625. The van der Waals surface area contributed by atoms with Gasteiger partial charge in [0.05, 0.1) is 17.6 Å². The number of anilines is 1. The smallest absolute Gasteiger partial charge is 0.292 e. The molecule has 1 aliphatic rings. The Bertz CT molecular complexity index is 1240. The van der Waals surface area contributed by atoms with Gasteiger partial charge in [-0.2, -0.15) is 9.78 Å². The van der Waals surface area contributed by atoms with Gasteiger partial charge in [-0.25, -0.2) is 0 Å². The van der Waals surface area contributed by atoms with E-state index < -0.39 is 0 Å². The van der Waals surface area contributed by atoms with Crippen molar-refractivity contribution in [3.63, 3.8) is 0 Å². The number of carbonyl (C=O) groups is 2. The summed E-state index contributed by atoms with van der Waals surface area (Å²) >= 11 is 6.41. The van der Waals surface area contributed by atoms with Crippen LogP contribution in [0.15, 0.2) is 41.3 Å². The van der Waals surface area contributed by atoms with Gasteiger partial charge >= 0.3 is 0 Å². The Hall–Kier alpha value is -3.39. The van der Waals surface area contributed by atoms with Crippen LogP contribution in [0.1, 0.15) is 39.0 Å². The maximum atomic E-state index is 13.0. The molecule has 1 N–H and O–H groups in total. The molecule has 1 fully saturated rings. The van der Waals surface area contributed by atoms with Gasteiger partial charge in [-0.1, -0.05) is 29.8 Å². The van der Waals surface area contributed by atoms with Crippen molar-refractivity contribution >= 4 is 29.0 Å². The maximum Gasteiger partial charge on any atom is 0.292 e. The van der Waals surface area contributed by atoms with E-state index in [0.29, 0.717) is 60.1 Å². The van der Waals surface area contributed by atoms with Crippen LogP contribution in [0.2, 0.25) is 5.02 Å². The molecule has 0 atom stereocenters. The summed E-state index contributed by atoms with van der Waals surface area (Å²) in [5.74, 6) is -0.200. The number of aryl methyl sites for hydroxylation is 1. The normalized spacial score (nSPS) is 14.0. The van der Waals surface area contributed by atoms with Crippen molar-refractivity contribution in [3.8, 4) is 5.69 Å². The van der Waals surface area contributed by atoms with Gasteiger partial charge in [0.2, 0.25) is 0 Å². The molecule has 1 aliphatic heterocycles. The highest BCUT2D eigenvalue weighted by Gasteiger charge is 2.28. The van der Waals surface area contributed by atoms with E-state index in [9.17, 15) is 14.4 Å². The highest BCUT2D eigenvalue weighted by molar-refractivity contribution is 6.33. The molecule has 8 nitrogen and oxygen atoms in total. The van der Waals surface area contributed by atoms with Crippen LogP contribution in [0.25, 0.3) is 5.69 Å². The molecule has 32 heavy (non-hydrogen) atoms. The van der Waals surface area contributed by atoms with Crippen molar-refractivity contribution in [2.24, 2.45) is 0 Å². The molecular formula is C23H24ClN5O3. The molecule has 3 aromatic rings. The highest BCUT2D eigenvalue weighted by Crippen LogP contribution is 2.25. The van der Waals surface area contributed by atoms with Gasteiger partial charge in [-0.05, 0) is 38.5 Å². The molecule has 166 valence electrons. The topological polar surface area (TPSA) is 91.3 Å². The second-order valence-electron chi connectivity index (χ2n) is 7.86. The van der Waals surface area contributed by atoms with Crippen LogP contribution in [0, 0.1) is 13.8 Å². The number of aromatic nitrogens is 3. The summed E-state index contributed by atoms with van der Waals surface area (Å²) in [5.41, 5.74) is 3.22. The number of aromatic amines is 1. The average molecular weight is 454 g/mol. The summed E-state index contributed by atoms with van der Waals surface area (Å²) in [7, 11) is 0.